The summed E-state index contributed by atoms with van der Waals surface area (Å²) in [6.45, 7) is 5.67. The summed E-state index contributed by atoms with van der Waals surface area (Å²) in [5, 5.41) is 15.1. The van der Waals surface area contributed by atoms with Crippen molar-refractivity contribution < 1.29 is 14.5 Å². The van der Waals surface area contributed by atoms with Gasteiger partial charge in [0.1, 0.15) is 18.8 Å². The minimum Gasteiger partial charge on any atom is -0.396 e. The summed E-state index contributed by atoms with van der Waals surface area (Å²) in [5.41, 5.74) is 3.07. The quantitative estimate of drug-likeness (QED) is 0.591. The Hall–Kier alpha value is -1.49. The van der Waals surface area contributed by atoms with Gasteiger partial charge in [0.2, 0.25) is 0 Å². The fraction of sp³-hybridized carbons (Fsp3) is 0.500. The molecule has 0 saturated heterocycles. The molecular formula is C20H28ClN2O2+. The molecule has 0 bridgehead atoms. The molecule has 0 radical (unpaired) electrons. The lowest BCUT2D eigenvalue weighted by atomic mass is 9.86. The summed E-state index contributed by atoms with van der Waals surface area (Å²) < 4.78 is 0.0495. The zero-order valence-corrected chi connectivity index (χ0v) is 16.3. The van der Waals surface area contributed by atoms with E-state index in [2.05, 4.69) is 6.08 Å². The second-order valence-corrected chi connectivity index (χ2v) is 7.28. The number of nitrogens with zero attached hydrogens (tertiary/aromatic N) is 2. The van der Waals surface area contributed by atoms with E-state index in [1.165, 1.54) is 0 Å². The number of allylic oxidation sites excluding steroid dienone is 6. The summed E-state index contributed by atoms with van der Waals surface area (Å²) >= 11 is 6.05. The molecule has 5 heteroatoms. The van der Waals surface area contributed by atoms with E-state index in [-0.39, 0.29) is 29.1 Å². The SMILES string of the molecule is CC=CC(C)=C(CCO)C1=N[N+](C)(C(C)=O)C(C2C=CC(Cl)=CC2)C1. The Kier molecular flexibility index (Phi) is 6.55. The number of halogens is 1. The molecule has 1 heterocycles. The molecule has 3 atom stereocenters. The lowest BCUT2D eigenvalue weighted by Crippen LogP contribution is -2.51. The predicted molar refractivity (Wildman–Crippen MR) is 103 cm³/mol. The molecule has 0 aromatic carbocycles. The lowest BCUT2D eigenvalue weighted by Gasteiger charge is -2.32. The number of quaternary nitrogens is 1. The molecule has 2 rings (SSSR count). The van der Waals surface area contributed by atoms with E-state index >= 15 is 0 Å². The highest BCUT2D eigenvalue weighted by Gasteiger charge is 2.49. The van der Waals surface area contributed by atoms with Crippen LogP contribution in [-0.4, -0.2) is 41.0 Å². The van der Waals surface area contributed by atoms with Crippen molar-refractivity contribution in [1.29, 1.82) is 0 Å². The number of hydrogen-bond donors (Lipinski definition) is 1. The van der Waals surface area contributed by atoms with Gasteiger partial charge >= 0.3 is 5.91 Å². The van der Waals surface area contributed by atoms with Crippen LogP contribution >= 0.6 is 11.6 Å². The number of amides is 1. The van der Waals surface area contributed by atoms with Gasteiger partial charge in [-0.25, -0.2) is 4.79 Å². The Morgan fingerprint density at radius 2 is 2.20 bits per heavy atom. The number of carbonyl (C=O) groups is 1. The normalized spacial score (nSPS) is 30.3. The maximum atomic E-state index is 12.4. The van der Waals surface area contributed by atoms with E-state index in [1.54, 1.807) is 6.92 Å². The zero-order chi connectivity index (χ0) is 18.6. The first-order chi connectivity index (χ1) is 11.8. The Morgan fingerprint density at radius 1 is 1.48 bits per heavy atom. The smallest absolute Gasteiger partial charge is 0.336 e. The first kappa shape index (κ1) is 19.8. The van der Waals surface area contributed by atoms with Crippen LogP contribution in [0.25, 0.3) is 0 Å². The molecule has 2 aliphatic rings. The van der Waals surface area contributed by atoms with Crippen molar-refractivity contribution in [2.24, 2.45) is 11.0 Å². The van der Waals surface area contributed by atoms with E-state index in [1.807, 2.05) is 45.2 Å². The minimum absolute atomic E-state index is 0.0288. The van der Waals surface area contributed by atoms with Gasteiger partial charge in [-0.2, -0.15) is 0 Å². The van der Waals surface area contributed by atoms with E-state index in [0.29, 0.717) is 6.42 Å². The topological polar surface area (TPSA) is 49.7 Å². The monoisotopic (exact) mass is 363 g/mol. The van der Waals surface area contributed by atoms with Crippen molar-refractivity contribution >= 4 is 23.2 Å². The van der Waals surface area contributed by atoms with E-state index in [0.717, 1.165) is 34.7 Å². The number of rotatable bonds is 5. The van der Waals surface area contributed by atoms with Crippen LogP contribution in [0.2, 0.25) is 0 Å². The standard InChI is InChI=1S/C20H28ClN2O2/c1-5-6-14(2)18(11-12-24)19-13-20(23(4,22-19)15(3)25)16-7-9-17(21)10-8-16/h5-7,9-10,16,20,24H,8,11-13H2,1-4H3/q+1. The van der Waals surface area contributed by atoms with E-state index in [4.69, 9.17) is 16.7 Å². The largest absolute Gasteiger partial charge is 0.396 e. The molecule has 1 amide bonds. The van der Waals surface area contributed by atoms with Crippen molar-refractivity contribution in [3.8, 4) is 0 Å². The van der Waals surface area contributed by atoms with Crippen LogP contribution in [0.3, 0.4) is 0 Å². The molecule has 136 valence electrons. The molecule has 0 aromatic heterocycles. The fourth-order valence-electron chi connectivity index (χ4n) is 3.68. The lowest BCUT2D eigenvalue weighted by molar-refractivity contribution is -0.863. The molecule has 0 spiro atoms. The molecule has 0 aromatic rings. The summed E-state index contributed by atoms with van der Waals surface area (Å²) in [6.07, 6.45) is 12.1. The summed E-state index contributed by atoms with van der Waals surface area (Å²) in [7, 11) is 1.88. The molecule has 1 aliphatic heterocycles. The van der Waals surface area contributed by atoms with Crippen LogP contribution < -0.4 is 0 Å². The third-order valence-electron chi connectivity index (χ3n) is 5.20. The summed E-state index contributed by atoms with van der Waals surface area (Å²) in [4.78, 5) is 12.4. The fourth-order valence-corrected chi connectivity index (χ4v) is 3.84. The molecule has 0 saturated carbocycles. The summed E-state index contributed by atoms with van der Waals surface area (Å²) in [6, 6.07) is 0.0527. The average molecular weight is 364 g/mol. The minimum atomic E-state index is 0.0288. The summed E-state index contributed by atoms with van der Waals surface area (Å²) in [5.74, 6) is 0.246. The third-order valence-corrected chi connectivity index (χ3v) is 5.48. The first-order valence-corrected chi connectivity index (χ1v) is 9.15. The van der Waals surface area contributed by atoms with Gasteiger partial charge in [-0.1, -0.05) is 41.0 Å². The Morgan fingerprint density at radius 3 is 2.72 bits per heavy atom. The van der Waals surface area contributed by atoms with Crippen molar-refractivity contribution in [1.82, 2.24) is 0 Å². The van der Waals surface area contributed by atoms with E-state index < -0.39 is 0 Å². The Labute approximate surface area is 155 Å². The van der Waals surface area contributed by atoms with Gasteiger partial charge in [0.05, 0.1) is 13.3 Å². The molecule has 1 N–H and O–H groups in total. The van der Waals surface area contributed by atoms with Gasteiger partial charge in [-0.15, -0.1) is 4.59 Å². The van der Waals surface area contributed by atoms with Crippen LogP contribution in [0.15, 0.2) is 51.7 Å². The first-order valence-electron chi connectivity index (χ1n) is 8.77. The van der Waals surface area contributed by atoms with Crippen LogP contribution in [0, 0.1) is 5.92 Å². The predicted octanol–water partition coefficient (Wildman–Crippen LogP) is 4.08. The molecule has 4 nitrogen and oxygen atoms in total. The number of carbonyl (C=O) groups excluding carboxylic acids is 1. The Balaban J connectivity index is 2.40. The number of aliphatic hydroxyl groups is 1. The van der Waals surface area contributed by atoms with Crippen LogP contribution in [0.5, 0.6) is 0 Å². The van der Waals surface area contributed by atoms with Crippen LogP contribution in [-0.2, 0) is 4.79 Å². The molecule has 1 aliphatic carbocycles. The van der Waals surface area contributed by atoms with Gasteiger partial charge in [0, 0.05) is 17.6 Å². The highest BCUT2D eigenvalue weighted by molar-refractivity contribution is 6.31. The molecule has 25 heavy (non-hydrogen) atoms. The van der Waals surface area contributed by atoms with Gasteiger partial charge in [-0.3, -0.25) is 0 Å². The van der Waals surface area contributed by atoms with Gasteiger partial charge in [0.25, 0.3) is 0 Å². The second kappa shape index (κ2) is 8.26. The van der Waals surface area contributed by atoms with Gasteiger partial charge in [0.15, 0.2) is 0 Å². The van der Waals surface area contributed by atoms with Gasteiger partial charge in [-0.05, 0) is 43.9 Å². The maximum absolute atomic E-state index is 12.4. The van der Waals surface area contributed by atoms with Crippen molar-refractivity contribution in [3.63, 3.8) is 0 Å². The molecular weight excluding hydrogens is 336 g/mol. The third kappa shape index (κ3) is 4.20. The number of hydrogen-bond acceptors (Lipinski definition) is 3. The Bertz CT molecular complexity index is 688. The van der Waals surface area contributed by atoms with Crippen LogP contribution in [0.4, 0.5) is 0 Å². The van der Waals surface area contributed by atoms with Crippen molar-refractivity contribution in [2.75, 3.05) is 13.7 Å². The highest BCUT2D eigenvalue weighted by Crippen LogP contribution is 2.37. The van der Waals surface area contributed by atoms with E-state index in [9.17, 15) is 9.90 Å². The van der Waals surface area contributed by atoms with Crippen LogP contribution in [0.1, 0.15) is 40.0 Å². The van der Waals surface area contributed by atoms with Crippen molar-refractivity contribution in [3.05, 3.63) is 46.6 Å². The van der Waals surface area contributed by atoms with Gasteiger partial charge < -0.3 is 5.11 Å². The number of aliphatic hydroxyl groups excluding tert-OH is 1. The molecule has 0 fully saturated rings. The second-order valence-electron chi connectivity index (χ2n) is 6.85. The van der Waals surface area contributed by atoms with Crippen molar-refractivity contribution in [2.45, 2.75) is 46.1 Å². The maximum Gasteiger partial charge on any atom is 0.336 e. The average Bonchev–Trinajstić information content (AvgIpc) is 2.92. The zero-order valence-electron chi connectivity index (χ0n) is 15.5. The highest BCUT2D eigenvalue weighted by atomic mass is 35.5. The molecule has 3 unspecified atom stereocenters.